The maximum atomic E-state index is 11.9. The number of nitrogens with zero attached hydrogens (tertiary/aromatic N) is 1. The maximum absolute atomic E-state index is 11.9. The minimum atomic E-state index is -3.30. The van der Waals surface area contributed by atoms with E-state index in [1.54, 1.807) is 11.0 Å². The number of amides is 1. The highest BCUT2D eigenvalue weighted by atomic mass is 79.9. The van der Waals surface area contributed by atoms with Gasteiger partial charge in [-0.1, -0.05) is 27.5 Å². The van der Waals surface area contributed by atoms with Crippen molar-refractivity contribution in [2.24, 2.45) is 0 Å². The average Bonchev–Trinajstić information content (AvgIpc) is 2.31. The van der Waals surface area contributed by atoms with Gasteiger partial charge in [-0.2, -0.15) is 0 Å². The number of rotatable bonds is 2. The van der Waals surface area contributed by atoms with Crippen molar-refractivity contribution in [1.29, 1.82) is 0 Å². The monoisotopic (exact) mass is 365 g/mol. The Balaban J connectivity index is 2.23. The van der Waals surface area contributed by atoms with Gasteiger partial charge in [0.1, 0.15) is 5.75 Å². The van der Waals surface area contributed by atoms with E-state index in [1.807, 2.05) is 6.07 Å². The average molecular weight is 367 g/mol. The van der Waals surface area contributed by atoms with E-state index in [9.17, 15) is 13.2 Å². The lowest BCUT2D eigenvalue weighted by Gasteiger charge is -2.30. The second-order valence-electron chi connectivity index (χ2n) is 4.62. The van der Waals surface area contributed by atoms with Crippen molar-refractivity contribution >= 4 is 43.3 Å². The Bertz CT molecular complexity index is 630. The molecule has 0 fully saturated rings. The van der Waals surface area contributed by atoms with Gasteiger partial charge in [-0.3, -0.25) is 4.79 Å². The Morgan fingerprint density at radius 3 is 2.74 bits per heavy atom. The molecule has 104 valence electrons. The van der Waals surface area contributed by atoms with Crippen LogP contribution in [0.15, 0.2) is 16.6 Å². The largest absolute Gasteiger partial charge is 0.337 e. The molecule has 4 nitrogen and oxygen atoms in total. The first-order valence-corrected chi connectivity index (χ1v) is 8.92. The van der Waals surface area contributed by atoms with Gasteiger partial charge in [0.25, 0.3) is 0 Å². The SMILES string of the molecule is CS(=O)(=O)CC(=O)N1CCc2c(Br)ccc(Cl)c2C1. The van der Waals surface area contributed by atoms with Gasteiger partial charge >= 0.3 is 0 Å². The standard InChI is InChI=1S/C12H13BrClNO3S/c1-19(17,18)7-12(16)15-5-4-8-9(6-15)11(14)3-2-10(8)13/h2-3H,4-7H2,1H3. The van der Waals surface area contributed by atoms with Crippen LogP contribution < -0.4 is 0 Å². The fourth-order valence-corrected chi connectivity index (χ4v) is 3.56. The van der Waals surface area contributed by atoms with Crippen molar-refractivity contribution in [2.45, 2.75) is 13.0 Å². The quantitative estimate of drug-likeness (QED) is 0.805. The molecule has 1 aliphatic heterocycles. The van der Waals surface area contributed by atoms with Crippen LogP contribution in [0.2, 0.25) is 5.02 Å². The van der Waals surface area contributed by atoms with Crippen LogP contribution >= 0.6 is 27.5 Å². The van der Waals surface area contributed by atoms with Crippen LogP contribution in [0.4, 0.5) is 0 Å². The first kappa shape index (κ1) is 14.8. The predicted molar refractivity (Wildman–Crippen MR) is 78.0 cm³/mol. The van der Waals surface area contributed by atoms with Gasteiger partial charge in [0, 0.05) is 28.8 Å². The van der Waals surface area contributed by atoms with E-state index in [0.717, 1.165) is 21.9 Å². The summed E-state index contributed by atoms with van der Waals surface area (Å²) in [7, 11) is -3.30. The summed E-state index contributed by atoms with van der Waals surface area (Å²) in [5.41, 5.74) is 1.99. The first-order chi connectivity index (χ1) is 8.78. The molecule has 1 aromatic carbocycles. The van der Waals surface area contributed by atoms with Crippen LogP contribution in [0.3, 0.4) is 0 Å². The topological polar surface area (TPSA) is 54.5 Å². The number of sulfone groups is 1. The molecule has 0 bridgehead atoms. The van der Waals surface area contributed by atoms with Crippen LogP contribution in [0.1, 0.15) is 11.1 Å². The number of carbonyl (C=O) groups excluding carboxylic acids is 1. The van der Waals surface area contributed by atoms with E-state index in [0.29, 0.717) is 24.5 Å². The van der Waals surface area contributed by atoms with E-state index < -0.39 is 15.6 Å². The normalized spacial score (nSPS) is 15.2. The van der Waals surface area contributed by atoms with Crippen molar-refractivity contribution in [1.82, 2.24) is 4.90 Å². The summed E-state index contributed by atoms with van der Waals surface area (Å²) in [5.74, 6) is -0.822. The van der Waals surface area contributed by atoms with Crippen LogP contribution in [0.5, 0.6) is 0 Å². The number of fused-ring (bicyclic) bond motifs is 1. The first-order valence-electron chi connectivity index (χ1n) is 5.69. The predicted octanol–water partition coefficient (Wildman–Crippen LogP) is 2.03. The minimum absolute atomic E-state index is 0.363. The van der Waals surface area contributed by atoms with E-state index in [-0.39, 0.29) is 5.91 Å². The summed E-state index contributed by atoms with van der Waals surface area (Å²) in [6.45, 7) is 0.877. The molecule has 0 saturated carbocycles. The molecule has 0 atom stereocenters. The molecule has 1 heterocycles. The van der Waals surface area contributed by atoms with Gasteiger partial charge in [-0.15, -0.1) is 0 Å². The molecule has 2 rings (SSSR count). The number of hydrogen-bond acceptors (Lipinski definition) is 3. The van der Waals surface area contributed by atoms with Crippen molar-refractivity contribution in [3.8, 4) is 0 Å². The van der Waals surface area contributed by atoms with Crippen molar-refractivity contribution in [3.05, 3.63) is 32.8 Å². The molecule has 19 heavy (non-hydrogen) atoms. The molecule has 0 spiro atoms. The van der Waals surface area contributed by atoms with E-state index in [2.05, 4.69) is 15.9 Å². The second kappa shape index (κ2) is 5.42. The smallest absolute Gasteiger partial charge is 0.238 e. The molecule has 0 radical (unpaired) electrons. The van der Waals surface area contributed by atoms with Gasteiger partial charge in [0.15, 0.2) is 9.84 Å². The van der Waals surface area contributed by atoms with Crippen molar-refractivity contribution in [3.63, 3.8) is 0 Å². The zero-order chi connectivity index (χ0) is 14.2. The van der Waals surface area contributed by atoms with Crippen LogP contribution in [0, 0.1) is 0 Å². The number of halogens is 2. The maximum Gasteiger partial charge on any atom is 0.238 e. The molecule has 0 aromatic heterocycles. The Morgan fingerprint density at radius 2 is 2.11 bits per heavy atom. The molecule has 7 heteroatoms. The summed E-state index contributed by atoms with van der Waals surface area (Å²) in [6.07, 6.45) is 1.73. The van der Waals surface area contributed by atoms with Crippen LogP contribution in [-0.4, -0.2) is 37.8 Å². The summed E-state index contributed by atoms with van der Waals surface area (Å²) < 4.78 is 23.3. The summed E-state index contributed by atoms with van der Waals surface area (Å²) in [5, 5.41) is 0.607. The highest BCUT2D eigenvalue weighted by Gasteiger charge is 2.25. The summed E-state index contributed by atoms with van der Waals surface area (Å²) in [6, 6.07) is 3.66. The lowest BCUT2D eigenvalue weighted by atomic mass is 10.00. The zero-order valence-corrected chi connectivity index (χ0v) is 13.5. The Morgan fingerprint density at radius 1 is 1.42 bits per heavy atom. The Labute approximate surface area is 125 Å². The fourth-order valence-electron chi connectivity index (χ4n) is 2.12. The van der Waals surface area contributed by atoms with E-state index in [4.69, 9.17) is 11.6 Å². The molecule has 1 aliphatic rings. The van der Waals surface area contributed by atoms with Crippen LogP contribution in [0.25, 0.3) is 0 Å². The molecule has 0 unspecified atom stereocenters. The number of benzene rings is 1. The molecule has 1 aromatic rings. The highest BCUT2D eigenvalue weighted by Crippen LogP contribution is 2.31. The molecule has 0 saturated heterocycles. The summed E-state index contributed by atoms with van der Waals surface area (Å²) >= 11 is 9.60. The van der Waals surface area contributed by atoms with Gasteiger partial charge < -0.3 is 4.90 Å². The Kier molecular flexibility index (Phi) is 4.23. The summed E-state index contributed by atoms with van der Waals surface area (Å²) in [4.78, 5) is 13.5. The molecular weight excluding hydrogens is 354 g/mol. The third-order valence-electron chi connectivity index (χ3n) is 3.04. The fraction of sp³-hybridized carbons (Fsp3) is 0.417. The molecule has 0 N–H and O–H groups in total. The zero-order valence-electron chi connectivity index (χ0n) is 10.3. The molecule has 1 amide bonds. The number of hydrogen-bond donors (Lipinski definition) is 0. The highest BCUT2D eigenvalue weighted by molar-refractivity contribution is 9.10. The van der Waals surface area contributed by atoms with Gasteiger partial charge in [0.05, 0.1) is 0 Å². The van der Waals surface area contributed by atoms with E-state index >= 15 is 0 Å². The van der Waals surface area contributed by atoms with Crippen LogP contribution in [-0.2, 0) is 27.6 Å². The van der Waals surface area contributed by atoms with Gasteiger partial charge in [-0.25, -0.2) is 8.42 Å². The third-order valence-corrected chi connectivity index (χ3v) is 4.90. The lowest BCUT2D eigenvalue weighted by molar-refractivity contribution is -0.129. The Hall–Kier alpha value is -0.590. The van der Waals surface area contributed by atoms with Gasteiger partial charge in [-0.05, 0) is 29.7 Å². The van der Waals surface area contributed by atoms with Crippen molar-refractivity contribution < 1.29 is 13.2 Å². The van der Waals surface area contributed by atoms with E-state index in [1.165, 1.54) is 0 Å². The number of carbonyl (C=O) groups is 1. The van der Waals surface area contributed by atoms with Gasteiger partial charge in [0.2, 0.25) is 5.91 Å². The lowest BCUT2D eigenvalue weighted by Crippen LogP contribution is -2.39. The van der Waals surface area contributed by atoms with Crippen molar-refractivity contribution in [2.75, 3.05) is 18.6 Å². The minimum Gasteiger partial charge on any atom is -0.337 e. The second-order valence-corrected chi connectivity index (χ2v) is 8.02. The molecular formula is C12H13BrClNO3S. The molecule has 0 aliphatic carbocycles. The third kappa shape index (κ3) is 3.49.